The van der Waals surface area contributed by atoms with Gasteiger partial charge in [-0.15, -0.1) is 0 Å². The van der Waals surface area contributed by atoms with E-state index < -0.39 is 11.1 Å². The predicted molar refractivity (Wildman–Crippen MR) is 79.5 cm³/mol. The Balaban J connectivity index is 2.13. The van der Waals surface area contributed by atoms with Crippen LogP contribution < -0.4 is 16.9 Å². The van der Waals surface area contributed by atoms with Crippen LogP contribution in [0.4, 0.5) is 5.69 Å². The van der Waals surface area contributed by atoms with Crippen molar-refractivity contribution >= 4 is 22.5 Å². The van der Waals surface area contributed by atoms with Crippen molar-refractivity contribution in [2.24, 2.45) is 0 Å². The lowest BCUT2D eigenvalue weighted by molar-refractivity contribution is 0.103. The van der Waals surface area contributed by atoms with E-state index in [1.54, 1.807) is 36.4 Å². The number of H-pyrrole nitrogens is 2. The molecule has 0 atom stereocenters. The number of rotatable bonds is 2. The maximum Gasteiger partial charge on any atom is 0.314 e. The predicted octanol–water partition coefficient (Wildman–Crippen LogP) is 1.03. The van der Waals surface area contributed by atoms with Crippen molar-refractivity contribution in [1.82, 2.24) is 9.97 Å². The van der Waals surface area contributed by atoms with Gasteiger partial charge >= 0.3 is 11.1 Å². The molecule has 2 aromatic carbocycles. The molecule has 0 saturated carbocycles. The first-order chi connectivity index (χ1) is 10.0. The Hall–Kier alpha value is -3.15. The van der Waals surface area contributed by atoms with Gasteiger partial charge < -0.3 is 15.7 Å². The molecular weight excluding hydrogens is 270 g/mol. The summed E-state index contributed by atoms with van der Waals surface area (Å²) in [5.41, 5.74) is 6.40. The smallest absolute Gasteiger partial charge is 0.314 e. The number of hydrogen-bond acceptors (Lipinski definition) is 4. The van der Waals surface area contributed by atoms with Crippen LogP contribution in [0, 0.1) is 0 Å². The summed E-state index contributed by atoms with van der Waals surface area (Å²) in [5.74, 6) is -0.212. The molecule has 0 fully saturated rings. The number of hydrogen-bond donors (Lipinski definition) is 3. The van der Waals surface area contributed by atoms with E-state index in [1.165, 1.54) is 6.07 Å². The van der Waals surface area contributed by atoms with Gasteiger partial charge in [-0.05, 0) is 30.3 Å². The zero-order valence-corrected chi connectivity index (χ0v) is 10.8. The lowest BCUT2D eigenvalue weighted by Gasteiger charge is -2.04. The monoisotopic (exact) mass is 281 g/mol. The van der Waals surface area contributed by atoms with Gasteiger partial charge in [-0.2, -0.15) is 0 Å². The Labute approximate surface area is 118 Å². The number of carbonyl (C=O) groups is 1. The molecular formula is C15H11N3O3. The van der Waals surface area contributed by atoms with Crippen LogP contribution in [-0.2, 0) is 0 Å². The quantitative estimate of drug-likeness (QED) is 0.370. The van der Waals surface area contributed by atoms with Gasteiger partial charge in [0, 0.05) is 16.8 Å². The maximum absolute atomic E-state index is 12.4. The van der Waals surface area contributed by atoms with E-state index in [4.69, 9.17) is 5.73 Å². The molecule has 6 nitrogen and oxygen atoms in total. The summed E-state index contributed by atoms with van der Waals surface area (Å²) < 4.78 is 0. The zero-order valence-electron chi connectivity index (χ0n) is 10.8. The summed E-state index contributed by atoms with van der Waals surface area (Å²) >= 11 is 0. The fraction of sp³-hybridized carbons (Fsp3) is 0. The fourth-order valence-electron chi connectivity index (χ4n) is 2.10. The number of nitrogen functional groups attached to an aromatic ring is 1. The van der Waals surface area contributed by atoms with Gasteiger partial charge in [0.05, 0.1) is 11.0 Å². The van der Waals surface area contributed by atoms with E-state index in [1.807, 2.05) is 0 Å². The zero-order chi connectivity index (χ0) is 15.0. The van der Waals surface area contributed by atoms with Gasteiger partial charge in [-0.25, -0.2) is 0 Å². The van der Waals surface area contributed by atoms with Crippen molar-refractivity contribution in [2.45, 2.75) is 0 Å². The second-order valence-electron chi connectivity index (χ2n) is 4.62. The third-order valence-electron chi connectivity index (χ3n) is 3.13. The van der Waals surface area contributed by atoms with Crippen LogP contribution in [0.5, 0.6) is 0 Å². The highest BCUT2D eigenvalue weighted by molar-refractivity contribution is 6.10. The van der Waals surface area contributed by atoms with E-state index in [2.05, 4.69) is 9.97 Å². The molecule has 3 rings (SSSR count). The number of carbonyl (C=O) groups excluding carboxylic acids is 1. The Bertz CT molecular complexity index is 970. The molecule has 0 aliphatic carbocycles. The molecule has 0 radical (unpaired) electrons. The van der Waals surface area contributed by atoms with Crippen LogP contribution >= 0.6 is 0 Å². The van der Waals surface area contributed by atoms with Crippen molar-refractivity contribution in [1.29, 1.82) is 0 Å². The second-order valence-corrected chi connectivity index (χ2v) is 4.62. The first kappa shape index (κ1) is 12.9. The average Bonchev–Trinajstić information content (AvgIpc) is 2.47. The van der Waals surface area contributed by atoms with Crippen LogP contribution in [0.15, 0.2) is 52.1 Å². The highest BCUT2D eigenvalue weighted by Gasteiger charge is 2.10. The Kier molecular flexibility index (Phi) is 2.91. The molecule has 0 aliphatic rings. The standard InChI is InChI=1S/C15H11N3O3/c16-10-3-1-2-8(6-10)13(19)9-4-5-11-12(7-9)18-15(21)14(20)17-11/h1-7H,16H2,(H,17,20)(H,18,21). The third-order valence-corrected chi connectivity index (χ3v) is 3.13. The number of nitrogens with one attached hydrogen (secondary N) is 2. The van der Waals surface area contributed by atoms with Crippen molar-refractivity contribution in [3.8, 4) is 0 Å². The number of benzene rings is 2. The normalized spacial score (nSPS) is 10.7. The SMILES string of the molecule is Nc1cccc(C(=O)c2ccc3[nH]c(=O)c(=O)[nH]c3c2)c1. The van der Waals surface area contributed by atoms with Crippen LogP contribution in [0.2, 0.25) is 0 Å². The number of ketones is 1. The van der Waals surface area contributed by atoms with Crippen molar-refractivity contribution in [2.75, 3.05) is 5.73 Å². The Morgan fingerprint density at radius 3 is 2.24 bits per heavy atom. The fourth-order valence-corrected chi connectivity index (χ4v) is 2.10. The first-order valence-corrected chi connectivity index (χ1v) is 6.21. The third kappa shape index (κ3) is 2.34. The summed E-state index contributed by atoms with van der Waals surface area (Å²) in [6.07, 6.45) is 0. The van der Waals surface area contributed by atoms with Crippen molar-refractivity contribution < 1.29 is 4.79 Å². The summed E-state index contributed by atoms with van der Waals surface area (Å²) in [5, 5.41) is 0. The summed E-state index contributed by atoms with van der Waals surface area (Å²) in [7, 11) is 0. The summed E-state index contributed by atoms with van der Waals surface area (Å²) in [6.45, 7) is 0. The molecule has 21 heavy (non-hydrogen) atoms. The lowest BCUT2D eigenvalue weighted by atomic mass is 10.0. The minimum atomic E-state index is -0.754. The molecule has 0 amide bonds. The van der Waals surface area contributed by atoms with Gasteiger partial charge in [0.1, 0.15) is 0 Å². The number of anilines is 1. The van der Waals surface area contributed by atoms with Crippen molar-refractivity contribution in [3.05, 3.63) is 74.3 Å². The molecule has 6 heteroatoms. The number of aromatic nitrogens is 2. The molecule has 1 aromatic heterocycles. The van der Waals surface area contributed by atoms with Gasteiger partial charge in [-0.1, -0.05) is 12.1 Å². The lowest BCUT2D eigenvalue weighted by Crippen LogP contribution is -2.28. The molecule has 104 valence electrons. The highest BCUT2D eigenvalue weighted by atomic mass is 16.2. The van der Waals surface area contributed by atoms with Crippen LogP contribution in [0.25, 0.3) is 11.0 Å². The molecule has 0 bridgehead atoms. The molecule has 3 aromatic rings. The number of fused-ring (bicyclic) bond motifs is 1. The van der Waals surface area contributed by atoms with E-state index in [0.717, 1.165) is 0 Å². The van der Waals surface area contributed by atoms with Crippen LogP contribution in [0.1, 0.15) is 15.9 Å². The molecule has 0 unspecified atom stereocenters. The Morgan fingerprint density at radius 2 is 1.52 bits per heavy atom. The highest BCUT2D eigenvalue weighted by Crippen LogP contribution is 2.15. The molecule has 0 aliphatic heterocycles. The topological polar surface area (TPSA) is 109 Å². The Morgan fingerprint density at radius 1 is 0.857 bits per heavy atom. The maximum atomic E-state index is 12.4. The molecule has 0 saturated heterocycles. The van der Waals surface area contributed by atoms with Gasteiger partial charge in [0.15, 0.2) is 5.78 Å². The van der Waals surface area contributed by atoms with E-state index >= 15 is 0 Å². The van der Waals surface area contributed by atoms with Gasteiger partial charge in [-0.3, -0.25) is 14.4 Å². The summed E-state index contributed by atoms with van der Waals surface area (Å²) in [4.78, 5) is 39.8. The molecule has 0 spiro atoms. The van der Waals surface area contributed by atoms with E-state index in [-0.39, 0.29) is 5.78 Å². The van der Waals surface area contributed by atoms with Gasteiger partial charge in [0.25, 0.3) is 0 Å². The minimum absolute atomic E-state index is 0.212. The average molecular weight is 281 g/mol. The van der Waals surface area contributed by atoms with Crippen molar-refractivity contribution in [3.63, 3.8) is 0 Å². The second kappa shape index (κ2) is 4.75. The first-order valence-electron chi connectivity index (χ1n) is 6.21. The molecule has 4 N–H and O–H groups in total. The van der Waals surface area contributed by atoms with Gasteiger partial charge in [0.2, 0.25) is 0 Å². The number of aromatic amines is 2. The van der Waals surface area contributed by atoms with Crippen LogP contribution in [-0.4, -0.2) is 15.8 Å². The van der Waals surface area contributed by atoms with E-state index in [9.17, 15) is 14.4 Å². The largest absolute Gasteiger partial charge is 0.399 e. The number of nitrogens with two attached hydrogens (primary N) is 1. The molecule has 1 heterocycles. The van der Waals surface area contributed by atoms with Crippen LogP contribution in [0.3, 0.4) is 0 Å². The summed E-state index contributed by atoms with van der Waals surface area (Å²) in [6, 6.07) is 11.3. The van der Waals surface area contributed by atoms with E-state index in [0.29, 0.717) is 27.8 Å². The minimum Gasteiger partial charge on any atom is -0.399 e.